The number of benzene rings is 1. The van der Waals surface area contributed by atoms with Gasteiger partial charge < -0.3 is 16.6 Å². The van der Waals surface area contributed by atoms with Crippen LogP contribution in [0.25, 0.3) is 0 Å². The van der Waals surface area contributed by atoms with Gasteiger partial charge in [-0.3, -0.25) is 0 Å². The predicted octanol–water partition coefficient (Wildman–Crippen LogP) is -1.41. The second-order valence-electron chi connectivity index (χ2n) is 1.43. The average Bonchev–Trinajstić information content (AvgIpc) is 2.10. The molecule has 0 radical (unpaired) electrons. The number of hydrogen-bond acceptors (Lipinski definition) is 2. The number of hydrogen-bond donors (Lipinski definition) is 0. The molecule has 0 aliphatic rings. The van der Waals surface area contributed by atoms with E-state index in [-0.39, 0.29) is 35.9 Å². The number of rotatable bonds is 1. The van der Waals surface area contributed by atoms with Gasteiger partial charge in [-0.15, -0.1) is 12.1 Å². The maximum Gasteiger partial charge on any atom is 1.00 e. The average molecular weight is 204 g/mol. The molecule has 12 heavy (non-hydrogen) atoms. The van der Waals surface area contributed by atoms with Gasteiger partial charge in [0.2, 0.25) is 0 Å². The van der Waals surface area contributed by atoms with Crippen LogP contribution in [-0.2, 0) is 17.1 Å². The smallest absolute Gasteiger partial charge is 0.523 e. The van der Waals surface area contributed by atoms with Gasteiger partial charge in [0.1, 0.15) is 0 Å². The van der Waals surface area contributed by atoms with E-state index in [0.29, 0.717) is 0 Å². The predicted molar refractivity (Wildman–Crippen MR) is 36.8 cm³/mol. The van der Waals surface area contributed by atoms with E-state index < -0.39 is 0 Å². The molecule has 0 bridgehead atoms. The maximum absolute atomic E-state index is 6.25. The van der Waals surface area contributed by atoms with Gasteiger partial charge in [-0.25, -0.2) is 0 Å². The Balaban J connectivity index is -0.000000189. The Morgan fingerprint density at radius 2 is 2.00 bits per heavy atom. The topological polar surface area (TPSA) is 33.0 Å². The van der Waals surface area contributed by atoms with Crippen LogP contribution >= 0.6 is 0 Å². The SMILES string of the molecule is COc1[c-]cccc1.[C-]#N.[Cu+].[Li+]. The summed E-state index contributed by atoms with van der Waals surface area (Å²) in [7, 11) is 1.63. The molecule has 0 N–H and O–H groups in total. The zero-order valence-corrected chi connectivity index (χ0v) is 7.91. The molecule has 0 aliphatic carbocycles. The first-order valence-corrected chi connectivity index (χ1v) is 2.66. The van der Waals surface area contributed by atoms with Crippen molar-refractivity contribution in [2.45, 2.75) is 0 Å². The second kappa shape index (κ2) is 13.2. The van der Waals surface area contributed by atoms with Crippen molar-refractivity contribution < 1.29 is 40.7 Å². The van der Waals surface area contributed by atoms with Crippen molar-refractivity contribution >= 4 is 0 Å². The summed E-state index contributed by atoms with van der Waals surface area (Å²) >= 11 is 0. The maximum atomic E-state index is 6.25. The third-order valence-corrected chi connectivity index (χ3v) is 0.900. The number of nitrogens with zero attached hydrogens (tertiary/aromatic N) is 1. The molecule has 0 aliphatic heterocycles. The van der Waals surface area contributed by atoms with E-state index in [1.165, 1.54) is 0 Å². The van der Waals surface area contributed by atoms with E-state index >= 15 is 0 Å². The minimum absolute atomic E-state index is 0. The van der Waals surface area contributed by atoms with Crippen LogP contribution in [0, 0.1) is 17.9 Å². The third kappa shape index (κ3) is 7.73. The molecule has 0 aromatic heterocycles. The molecule has 4 heteroatoms. The van der Waals surface area contributed by atoms with Crippen LogP contribution in [0.3, 0.4) is 0 Å². The molecule has 0 amide bonds. The van der Waals surface area contributed by atoms with Gasteiger partial charge >= 0.3 is 35.9 Å². The van der Waals surface area contributed by atoms with Crippen molar-refractivity contribution in [2.24, 2.45) is 0 Å². The van der Waals surface area contributed by atoms with Crippen LogP contribution < -0.4 is 23.6 Å². The molecule has 0 heterocycles. The van der Waals surface area contributed by atoms with E-state index in [1.807, 2.05) is 24.3 Å². The van der Waals surface area contributed by atoms with Gasteiger partial charge in [-0.1, -0.05) is 0 Å². The fourth-order valence-corrected chi connectivity index (χ4v) is 0.504. The number of para-hydroxylation sites is 1. The molecule has 0 atom stereocenters. The van der Waals surface area contributed by atoms with E-state index in [9.17, 15) is 0 Å². The van der Waals surface area contributed by atoms with Gasteiger partial charge in [-0.05, 0) is 0 Å². The van der Waals surface area contributed by atoms with E-state index in [2.05, 4.69) is 6.07 Å². The largest absolute Gasteiger partial charge is 1.00 e. The van der Waals surface area contributed by atoms with Gasteiger partial charge in [-0.2, -0.15) is 18.2 Å². The first-order chi connectivity index (χ1) is 4.93. The zero-order valence-electron chi connectivity index (χ0n) is 6.97. The number of methoxy groups -OCH3 is 1. The molecule has 0 fully saturated rings. The van der Waals surface area contributed by atoms with Gasteiger partial charge in [0, 0.05) is 5.75 Å². The van der Waals surface area contributed by atoms with Crippen LogP contribution in [0.1, 0.15) is 0 Å². The summed E-state index contributed by atoms with van der Waals surface area (Å²) in [5.41, 5.74) is 0. The quantitative estimate of drug-likeness (QED) is 0.415. The van der Waals surface area contributed by atoms with Crippen molar-refractivity contribution in [3.05, 3.63) is 36.9 Å². The van der Waals surface area contributed by atoms with Crippen molar-refractivity contribution in [3.63, 3.8) is 0 Å². The normalized spacial score (nSPS) is 5.92. The molecule has 0 unspecified atom stereocenters. The Morgan fingerprint density at radius 1 is 1.42 bits per heavy atom. The summed E-state index contributed by atoms with van der Waals surface area (Å²) in [6.07, 6.45) is 0. The van der Waals surface area contributed by atoms with E-state index in [4.69, 9.17) is 16.6 Å². The summed E-state index contributed by atoms with van der Waals surface area (Å²) in [5.74, 6) is 0.785. The van der Waals surface area contributed by atoms with Crippen molar-refractivity contribution in [3.8, 4) is 5.75 Å². The van der Waals surface area contributed by atoms with Gasteiger partial charge in [0.15, 0.2) is 0 Å². The molecule has 1 aromatic rings. The van der Waals surface area contributed by atoms with Crippen LogP contribution in [0.4, 0.5) is 0 Å². The van der Waals surface area contributed by atoms with E-state index in [1.54, 1.807) is 7.11 Å². The van der Waals surface area contributed by atoms with Crippen molar-refractivity contribution in [1.29, 1.82) is 5.26 Å². The monoisotopic (exact) mass is 203 g/mol. The minimum atomic E-state index is 0. The summed E-state index contributed by atoms with van der Waals surface area (Å²) in [5, 5.41) is 6.25. The standard InChI is InChI=1S/C7H7O.CN.Cu.Li/c1-8-7-5-3-2-4-6-7;1-2;;/h2-5H,1H3;;;/q2*-1;2*+1. The number of ether oxygens (including phenoxy) is 1. The summed E-state index contributed by atoms with van der Waals surface area (Å²) < 4.78 is 4.86. The van der Waals surface area contributed by atoms with Gasteiger partial charge in [0.05, 0.1) is 7.11 Å². The molecule has 2 nitrogen and oxygen atoms in total. The van der Waals surface area contributed by atoms with Crippen LogP contribution in [0.15, 0.2) is 24.3 Å². The van der Waals surface area contributed by atoms with Crippen molar-refractivity contribution in [2.75, 3.05) is 7.11 Å². The van der Waals surface area contributed by atoms with Gasteiger partial charge in [0.25, 0.3) is 0 Å². The first kappa shape index (κ1) is 17.6. The summed E-state index contributed by atoms with van der Waals surface area (Å²) in [6, 6.07) is 10.4. The molecular weight excluding hydrogens is 197 g/mol. The van der Waals surface area contributed by atoms with Crippen LogP contribution in [-0.4, -0.2) is 7.11 Å². The fraction of sp³-hybridized carbons (Fsp3) is 0.125. The Morgan fingerprint density at radius 3 is 2.25 bits per heavy atom. The molecule has 62 valence electrons. The first-order valence-electron chi connectivity index (χ1n) is 2.66. The Hall–Kier alpha value is -0.373. The molecule has 0 spiro atoms. The summed E-state index contributed by atoms with van der Waals surface area (Å²) in [6.45, 7) is 4.75. The van der Waals surface area contributed by atoms with Crippen LogP contribution in [0.5, 0.6) is 5.75 Å². The van der Waals surface area contributed by atoms with E-state index in [0.717, 1.165) is 5.75 Å². The fourth-order valence-electron chi connectivity index (χ4n) is 0.504. The molecule has 1 aromatic carbocycles. The van der Waals surface area contributed by atoms with Crippen molar-refractivity contribution in [1.82, 2.24) is 0 Å². The molecular formula is C8H7CuLiNO. The Bertz CT molecular complexity index is 191. The molecule has 0 saturated heterocycles. The minimum Gasteiger partial charge on any atom is -0.523 e. The Labute approximate surface area is 95.6 Å². The molecule has 0 saturated carbocycles. The molecule has 1 rings (SSSR count). The third-order valence-electron chi connectivity index (χ3n) is 0.900. The second-order valence-corrected chi connectivity index (χ2v) is 1.43. The van der Waals surface area contributed by atoms with Crippen LogP contribution in [0.2, 0.25) is 0 Å². The summed E-state index contributed by atoms with van der Waals surface area (Å²) in [4.78, 5) is 0. The zero-order chi connectivity index (χ0) is 7.82. The Kier molecular flexibility index (Phi) is 19.5.